The molecule has 0 spiro atoms. The topological polar surface area (TPSA) is 17.1 Å². The lowest BCUT2D eigenvalue weighted by atomic mass is 9.85. The Morgan fingerprint density at radius 3 is 2.48 bits per heavy atom. The molecule has 0 saturated heterocycles. The lowest BCUT2D eigenvalue weighted by Gasteiger charge is -2.21. The lowest BCUT2D eigenvalue weighted by Crippen LogP contribution is -2.25. The standard InChI is InChI=1S/C20H36OS2/c1-7-9-11-16(4)18(12-15(3)10-8-2)13-17(5)20(21)19(22)14-23-6/h7,15,17,19,22H,1,8-14H2,2-6H3/b18-16+. The van der Waals surface area contributed by atoms with E-state index in [9.17, 15) is 4.79 Å². The molecular formula is C20H36OS2. The van der Waals surface area contributed by atoms with Crippen molar-refractivity contribution >= 4 is 30.2 Å². The zero-order valence-electron chi connectivity index (χ0n) is 15.7. The van der Waals surface area contributed by atoms with Gasteiger partial charge in [0.1, 0.15) is 5.78 Å². The van der Waals surface area contributed by atoms with E-state index in [-0.39, 0.29) is 11.2 Å². The summed E-state index contributed by atoms with van der Waals surface area (Å²) in [6, 6.07) is 0. The Morgan fingerprint density at radius 1 is 1.30 bits per heavy atom. The Morgan fingerprint density at radius 2 is 1.96 bits per heavy atom. The summed E-state index contributed by atoms with van der Waals surface area (Å²) in [5.41, 5.74) is 2.94. The average Bonchev–Trinajstić information content (AvgIpc) is 2.51. The van der Waals surface area contributed by atoms with Crippen LogP contribution >= 0.6 is 24.4 Å². The fraction of sp³-hybridized carbons (Fsp3) is 0.750. The highest BCUT2D eigenvalue weighted by Crippen LogP contribution is 2.28. The van der Waals surface area contributed by atoms with E-state index < -0.39 is 0 Å². The Balaban J connectivity index is 4.98. The van der Waals surface area contributed by atoms with Crippen LogP contribution in [0.15, 0.2) is 23.8 Å². The minimum Gasteiger partial charge on any atom is -0.298 e. The second kappa shape index (κ2) is 13.2. The van der Waals surface area contributed by atoms with Gasteiger partial charge in [-0.1, -0.05) is 50.8 Å². The molecule has 0 aliphatic rings. The van der Waals surface area contributed by atoms with Crippen LogP contribution in [0.3, 0.4) is 0 Å². The largest absolute Gasteiger partial charge is 0.298 e. The van der Waals surface area contributed by atoms with Crippen LogP contribution in [0.4, 0.5) is 0 Å². The number of hydrogen-bond donors (Lipinski definition) is 1. The predicted molar refractivity (Wildman–Crippen MR) is 111 cm³/mol. The maximum atomic E-state index is 12.5. The third kappa shape index (κ3) is 9.66. The number of ketones is 1. The summed E-state index contributed by atoms with van der Waals surface area (Å²) in [6.07, 6.45) is 10.6. The van der Waals surface area contributed by atoms with Gasteiger partial charge < -0.3 is 0 Å². The second-order valence-corrected chi connectivity index (χ2v) is 8.32. The van der Waals surface area contributed by atoms with Crippen molar-refractivity contribution in [2.24, 2.45) is 11.8 Å². The molecule has 0 heterocycles. The second-order valence-electron chi connectivity index (χ2n) is 6.79. The van der Waals surface area contributed by atoms with Crippen molar-refractivity contribution in [3.05, 3.63) is 23.8 Å². The van der Waals surface area contributed by atoms with E-state index in [1.165, 1.54) is 24.0 Å². The molecule has 3 heteroatoms. The Labute approximate surface area is 154 Å². The summed E-state index contributed by atoms with van der Waals surface area (Å²) >= 11 is 6.17. The van der Waals surface area contributed by atoms with E-state index in [0.29, 0.717) is 11.7 Å². The quantitative estimate of drug-likeness (QED) is 0.306. The lowest BCUT2D eigenvalue weighted by molar-refractivity contribution is -0.121. The molecule has 0 N–H and O–H groups in total. The molecule has 0 radical (unpaired) electrons. The van der Waals surface area contributed by atoms with E-state index in [4.69, 9.17) is 0 Å². The van der Waals surface area contributed by atoms with Crippen LogP contribution < -0.4 is 0 Å². The molecule has 3 atom stereocenters. The van der Waals surface area contributed by atoms with Crippen LogP contribution in [0.5, 0.6) is 0 Å². The van der Waals surface area contributed by atoms with Gasteiger partial charge in [0.2, 0.25) is 0 Å². The fourth-order valence-electron chi connectivity index (χ4n) is 2.98. The molecule has 1 nitrogen and oxygen atoms in total. The first-order valence-corrected chi connectivity index (χ1v) is 10.8. The van der Waals surface area contributed by atoms with Gasteiger partial charge >= 0.3 is 0 Å². The number of thioether (sulfide) groups is 1. The number of carbonyl (C=O) groups excluding carboxylic acids is 1. The van der Waals surface area contributed by atoms with Gasteiger partial charge in [0.25, 0.3) is 0 Å². The van der Waals surface area contributed by atoms with Crippen LogP contribution in [0.2, 0.25) is 0 Å². The maximum absolute atomic E-state index is 12.5. The minimum absolute atomic E-state index is 0.0622. The first kappa shape index (κ1) is 22.9. The van der Waals surface area contributed by atoms with E-state index >= 15 is 0 Å². The molecule has 0 fully saturated rings. The predicted octanol–water partition coefficient (Wildman–Crippen LogP) is 6.35. The number of rotatable bonds is 13. The highest BCUT2D eigenvalue weighted by molar-refractivity contribution is 7.99. The van der Waals surface area contributed by atoms with E-state index in [0.717, 1.165) is 31.4 Å². The normalized spacial score (nSPS) is 16.4. The Kier molecular flexibility index (Phi) is 13.1. The van der Waals surface area contributed by atoms with Crippen molar-refractivity contribution in [2.75, 3.05) is 12.0 Å². The fourth-order valence-corrected chi connectivity index (χ4v) is 4.16. The third-order valence-corrected chi connectivity index (χ3v) is 5.75. The summed E-state index contributed by atoms with van der Waals surface area (Å²) in [5, 5.41) is -0.136. The molecule has 0 rings (SSSR count). The molecule has 0 aliphatic carbocycles. The number of thiol groups is 1. The van der Waals surface area contributed by atoms with Gasteiger partial charge in [-0.2, -0.15) is 24.4 Å². The van der Waals surface area contributed by atoms with Gasteiger partial charge in [0.15, 0.2) is 0 Å². The van der Waals surface area contributed by atoms with Gasteiger partial charge in [0.05, 0.1) is 5.25 Å². The molecular weight excluding hydrogens is 320 g/mol. The maximum Gasteiger partial charge on any atom is 0.149 e. The zero-order valence-corrected chi connectivity index (χ0v) is 17.4. The molecule has 3 unspecified atom stereocenters. The van der Waals surface area contributed by atoms with Crippen molar-refractivity contribution in [1.82, 2.24) is 0 Å². The van der Waals surface area contributed by atoms with Crippen LogP contribution in [0, 0.1) is 11.8 Å². The van der Waals surface area contributed by atoms with E-state index in [2.05, 4.69) is 46.9 Å². The first-order chi connectivity index (χ1) is 10.9. The first-order valence-electron chi connectivity index (χ1n) is 8.86. The van der Waals surface area contributed by atoms with Crippen LogP contribution in [0.25, 0.3) is 0 Å². The number of hydrogen-bond acceptors (Lipinski definition) is 3. The minimum atomic E-state index is -0.136. The SMILES string of the molecule is C=CCC/C(C)=C(\CC(C)CCC)CC(C)C(=O)C(S)CSC. The zero-order chi connectivity index (χ0) is 17.8. The van der Waals surface area contributed by atoms with Crippen LogP contribution in [0.1, 0.15) is 66.2 Å². The Bertz CT molecular complexity index is 387. The van der Waals surface area contributed by atoms with E-state index in [1.54, 1.807) is 11.8 Å². The molecule has 0 aromatic heterocycles. The molecule has 0 aliphatic heterocycles. The highest BCUT2D eigenvalue weighted by Gasteiger charge is 2.22. The molecule has 23 heavy (non-hydrogen) atoms. The van der Waals surface area contributed by atoms with Gasteiger partial charge in [-0.3, -0.25) is 4.79 Å². The van der Waals surface area contributed by atoms with Crippen molar-refractivity contribution in [1.29, 1.82) is 0 Å². The molecule has 134 valence electrons. The van der Waals surface area contributed by atoms with Gasteiger partial charge in [-0.15, -0.1) is 6.58 Å². The summed E-state index contributed by atoms with van der Waals surface area (Å²) in [6.45, 7) is 12.7. The van der Waals surface area contributed by atoms with Crippen molar-refractivity contribution in [3.8, 4) is 0 Å². The summed E-state index contributed by atoms with van der Waals surface area (Å²) in [5.74, 6) is 1.84. The smallest absolute Gasteiger partial charge is 0.149 e. The summed E-state index contributed by atoms with van der Waals surface area (Å²) in [7, 11) is 0. The molecule has 0 bridgehead atoms. The van der Waals surface area contributed by atoms with Gasteiger partial charge in [0, 0.05) is 11.7 Å². The summed E-state index contributed by atoms with van der Waals surface area (Å²) in [4.78, 5) is 12.5. The molecule has 0 saturated carbocycles. The molecule has 0 aromatic rings. The van der Waals surface area contributed by atoms with Crippen LogP contribution in [-0.2, 0) is 4.79 Å². The van der Waals surface area contributed by atoms with Crippen LogP contribution in [-0.4, -0.2) is 23.0 Å². The van der Waals surface area contributed by atoms with E-state index in [1.807, 2.05) is 12.3 Å². The van der Waals surface area contributed by atoms with Crippen molar-refractivity contribution < 1.29 is 4.79 Å². The van der Waals surface area contributed by atoms with Gasteiger partial charge in [-0.05, 0) is 44.8 Å². The number of Topliss-reactive ketones (excluding diaryl/α,β-unsaturated/α-hetero) is 1. The third-order valence-electron chi connectivity index (χ3n) is 4.39. The molecule has 0 aromatic carbocycles. The highest BCUT2D eigenvalue weighted by atomic mass is 32.2. The average molecular weight is 357 g/mol. The Hall–Kier alpha value is -0.150. The number of allylic oxidation sites excluding steroid dienone is 3. The van der Waals surface area contributed by atoms with Crippen molar-refractivity contribution in [2.45, 2.75) is 71.5 Å². The molecule has 0 amide bonds. The monoisotopic (exact) mass is 356 g/mol. The summed E-state index contributed by atoms with van der Waals surface area (Å²) < 4.78 is 0. The van der Waals surface area contributed by atoms with Gasteiger partial charge in [-0.25, -0.2) is 0 Å². The van der Waals surface area contributed by atoms with Crippen molar-refractivity contribution in [3.63, 3.8) is 0 Å². The number of carbonyl (C=O) groups is 1.